The maximum atomic E-state index is 11.4. The van der Waals surface area contributed by atoms with E-state index in [1.54, 1.807) is 19.3 Å². The minimum atomic E-state index is -0.402. The number of hydrogen-bond acceptors (Lipinski definition) is 4. The number of aromatic amines is 1. The molecule has 0 spiro atoms. The van der Waals surface area contributed by atoms with Crippen molar-refractivity contribution < 1.29 is 0 Å². The third-order valence-electron chi connectivity index (χ3n) is 1.98. The molecule has 2 rings (SSSR count). The van der Waals surface area contributed by atoms with Crippen molar-refractivity contribution >= 4 is 11.3 Å². The number of rotatable bonds is 2. The van der Waals surface area contributed by atoms with Crippen LogP contribution in [0.3, 0.4) is 0 Å². The SMILES string of the molecule is Cc1cn(Cc2nccs2)c(=O)[nH]c1=O. The number of thiazole rings is 1. The first-order valence-electron chi connectivity index (χ1n) is 4.35. The number of nitrogens with zero attached hydrogens (tertiary/aromatic N) is 2. The molecule has 0 aromatic carbocycles. The molecule has 5 nitrogen and oxygen atoms in total. The van der Waals surface area contributed by atoms with E-state index in [-0.39, 0.29) is 5.56 Å². The van der Waals surface area contributed by atoms with Crippen LogP contribution in [0.25, 0.3) is 0 Å². The minimum Gasteiger partial charge on any atom is -0.293 e. The van der Waals surface area contributed by atoms with Crippen molar-refractivity contribution in [3.05, 3.63) is 49.2 Å². The molecule has 0 atom stereocenters. The molecule has 2 aromatic rings. The van der Waals surface area contributed by atoms with Crippen LogP contribution >= 0.6 is 11.3 Å². The van der Waals surface area contributed by atoms with Gasteiger partial charge in [-0.05, 0) is 6.92 Å². The summed E-state index contributed by atoms with van der Waals surface area (Å²) in [7, 11) is 0. The molecule has 2 heterocycles. The molecule has 1 N–H and O–H groups in total. The van der Waals surface area contributed by atoms with E-state index >= 15 is 0 Å². The molecule has 0 aliphatic heterocycles. The Hall–Kier alpha value is -1.69. The van der Waals surface area contributed by atoms with Gasteiger partial charge in [-0.3, -0.25) is 14.3 Å². The highest BCUT2D eigenvalue weighted by Gasteiger charge is 2.02. The quantitative estimate of drug-likeness (QED) is 0.798. The van der Waals surface area contributed by atoms with E-state index in [1.165, 1.54) is 15.9 Å². The molecule has 0 radical (unpaired) electrons. The van der Waals surface area contributed by atoms with Crippen molar-refractivity contribution in [2.45, 2.75) is 13.5 Å². The second-order valence-electron chi connectivity index (χ2n) is 3.13. The zero-order valence-electron chi connectivity index (χ0n) is 8.06. The lowest BCUT2D eigenvalue weighted by atomic mass is 10.4. The van der Waals surface area contributed by atoms with E-state index in [2.05, 4.69) is 9.97 Å². The van der Waals surface area contributed by atoms with Gasteiger partial charge in [-0.25, -0.2) is 9.78 Å². The molecule has 0 bridgehead atoms. The Bertz CT molecular complexity index is 568. The Labute approximate surface area is 89.1 Å². The van der Waals surface area contributed by atoms with Crippen molar-refractivity contribution in [2.75, 3.05) is 0 Å². The van der Waals surface area contributed by atoms with Gasteiger partial charge in [0.15, 0.2) is 0 Å². The smallest absolute Gasteiger partial charge is 0.293 e. The monoisotopic (exact) mass is 223 g/mol. The summed E-state index contributed by atoms with van der Waals surface area (Å²) < 4.78 is 1.44. The molecule has 2 aromatic heterocycles. The van der Waals surface area contributed by atoms with Crippen molar-refractivity contribution in [3.8, 4) is 0 Å². The third-order valence-corrected chi connectivity index (χ3v) is 2.74. The fraction of sp³-hybridized carbons (Fsp3) is 0.222. The molecule has 15 heavy (non-hydrogen) atoms. The minimum absolute atomic E-state index is 0.338. The van der Waals surface area contributed by atoms with E-state index in [9.17, 15) is 9.59 Å². The van der Waals surface area contributed by atoms with Gasteiger partial charge in [0.1, 0.15) is 5.01 Å². The lowest BCUT2D eigenvalue weighted by Crippen LogP contribution is -2.30. The van der Waals surface area contributed by atoms with Crippen LogP contribution < -0.4 is 11.2 Å². The van der Waals surface area contributed by atoms with Gasteiger partial charge in [0.05, 0.1) is 6.54 Å². The lowest BCUT2D eigenvalue weighted by molar-refractivity contribution is 0.710. The van der Waals surface area contributed by atoms with Crippen molar-refractivity contribution in [2.24, 2.45) is 0 Å². The zero-order chi connectivity index (χ0) is 10.8. The van der Waals surface area contributed by atoms with E-state index in [0.717, 1.165) is 5.01 Å². The standard InChI is InChI=1S/C9H9N3O2S/c1-6-4-12(9(14)11-8(6)13)5-7-10-2-3-15-7/h2-4H,5H2,1H3,(H,11,13,14). The van der Waals surface area contributed by atoms with Crippen LogP contribution in [0.1, 0.15) is 10.6 Å². The van der Waals surface area contributed by atoms with Crippen LogP contribution in [-0.4, -0.2) is 14.5 Å². The summed E-state index contributed by atoms with van der Waals surface area (Å²) in [5, 5.41) is 2.68. The zero-order valence-corrected chi connectivity index (χ0v) is 8.87. The molecule has 78 valence electrons. The number of H-pyrrole nitrogens is 1. The maximum absolute atomic E-state index is 11.4. The highest BCUT2D eigenvalue weighted by Crippen LogP contribution is 2.04. The van der Waals surface area contributed by atoms with Crippen molar-refractivity contribution in [1.29, 1.82) is 0 Å². The van der Waals surface area contributed by atoms with Gasteiger partial charge in [-0.15, -0.1) is 11.3 Å². The Kier molecular flexibility index (Phi) is 2.51. The largest absolute Gasteiger partial charge is 0.328 e. The van der Waals surface area contributed by atoms with Gasteiger partial charge in [-0.1, -0.05) is 0 Å². The third kappa shape index (κ3) is 2.04. The summed E-state index contributed by atoms with van der Waals surface area (Å²) in [5.41, 5.74) is -0.220. The predicted octanol–water partition coefficient (Wildman–Crippen LogP) is 0.350. The summed E-state index contributed by atoms with van der Waals surface area (Å²) in [6.45, 7) is 2.06. The summed E-state index contributed by atoms with van der Waals surface area (Å²) in [6, 6.07) is 0. The molecular formula is C9H9N3O2S. The summed E-state index contributed by atoms with van der Waals surface area (Å²) >= 11 is 1.47. The van der Waals surface area contributed by atoms with Crippen molar-refractivity contribution in [1.82, 2.24) is 14.5 Å². The molecule has 0 amide bonds. The fourth-order valence-electron chi connectivity index (χ4n) is 1.21. The van der Waals surface area contributed by atoms with Gasteiger partial charge in [0.2, 0.25) is 0 Å². The molecular weight excluding hydrogens is 214 g/mol. The van der Waals surface area contributed by atoms with Crippen LogP contribution in [0.15, 0.2) is 27.4 Å². The first-order chi connectivity index (χ1) is 7.16. The lowest BCUT2D eigenvalue weighted by Gasteiger charge is -2.02. The first kappa shape index (κ1) is 9.85. The second kappa shape index (κ2) is 3.82. The number of hydrogen-bond donors (Lipinski definition) is 1. The number of aryl methyl sites for hydroxylation is 1. The van der Waals surface area contributed by atoms with Crippen LogP contribution in [0.4, 0.5) is 0 Å². The number of nitrogens with one attached hydrogen (secondary N) is 1. The highest BCUT2D eigenvalue weighted by molar-refractivity contribution is 7.09. The van der Waals surface area contributed by atoms with E-state index < -0.39 is 5.69 Å². The number of aromatic nitrogens is 3. The Morgan fingerprint density at radius 1 is 1.53 bits per heavy atom. The van der Waals surface area contributed by atoms with Crippen LogP contribution in [0.5, 0.6) is 0 Å². The summed E-state index contributed by atoms with van der Waals surface area (Å²) in [6.07, 6.45) is 3.23. The van der Waals surface area contributed by atoms with Crippen LogP contribution in [0.2, 0.25) is 0 Å². The van der Waals surface area contributed by atoms with Crippen molar-refractivity contribution in [3.63, 3.8) is 0 Å². The van der Waals surface area contributed by atoms with Gasteiger partial charge in [-0.2, -0.15) is 0 Å². The normalized spacial score (nSPS) is 10.5. The Morgan fingerprint density at radius 3 is 3.00 bits per heavy atom. The molecule has 0 unspecified atom stereocenters. The molecule has 0 saturated heterocycles. The summed E-state index contributed by atoms with van der Waals surface area (Å²) in [5.74, 6) is 0. The maximum Gasteiger partial charge on any atom is 0.328 e. The summed E-state index contributed by atoms with van der Waals surface area (Å²) in [4.78, 5) is 28.8. The fourth-order valence-corrected chi connectivity index (χ4v) is 1.83. The predicted molar refractivity (Wildman–Crippen MR) is 57.3 cm³/mol. The van der Waals surface area contributed by atoms with Gasteiger partial charge in [0, 0.05) is 23.3 Å². The molecule has 0 aliphatic rings. The molecule has 0 saturated carbocycles. The molecule has 6 heteroatoms. The van der Waals surface area contributed by atoms with Gasteiger partial charge < -0.3 is 0 Å². The molecule has 0 aliphatic carbocycles. The van der Waals surface area contributed by atoms with Crippen LogP contribution in [0, 0.1) is 6.92 Å². The van der Waals surface area contributed by atoms with E-state index in [0.29, 0.717) is 12.1 Å². The highest BCUT2D eigenvalue weighted by atomic mass is 32.1. The first-order valence-corrected chi connectivity index (χ1v) is 5.23. The van der Waals surface area contributed by atoms with E-state index in [4.69, 9.17) is 0 Å². The topological polar surface area (TPSA) is 67.8 Å². The van der Waals surface area contributed by atoms with Gasteiger partial charge >= 0.3 is 5.69 Å². The van der Waals surface area contributed by atoms with Gasteiger partial charge in [0.25, 0.3) is 5.56 Å². The Balaban J connectivity index is 2.42. The average molecular weight is 223 g/mol. The average Bonchev–Trinajstić information content (AvgIpc) is 2.67. The Morgan fingerprint density at radius 2 is 2.33 bits per heavy atom. The second-order valence-corrected chi connectivity index (χ2v) is 4.10. The molecule has 0 fully saturated rings. The van der Waals surface area contributed by atoms with Crippen LogP contribution in [-0.2, 0) is 6.54 Å². The van der Waals surface area contributed by atoms with E-state index in [1.807, 2.05) is 5.38 Å².